The van der Waals surface area contributed by atoms with Gasteiger partial charge in [-0.15, -0.1) is 0 Å². The van der Waals surface area contributed by atoms with Crippen molar-refractivity contribution >= 4 is 0 Å². The number of aliphatic hydroxyl groups is 2. The molecule has 0 saturated carbocycles. The molecule has 0 rings (SSSR count). The second-order valence-electron chi connectivity index (χ2n) is 6.09. The Labute approximate surface area is 169 Å². The molecule has 0 radical (unpaired) electrons. The third-order valence-electron chi connectivity index (χ3n) is 3.86. The van der Waals surface area contributed by atoms with E-state index in [-0.39, 0.29) is 0 Å². The van der Waals surface area contributed by atoms with Crippen LogP contribution in [0.1, 0.15) is 0 Å². The number of rotatable bonds is 9. The molecule has 0 spiro atoms. The van der Waals surface area contributed by atoms with Gasteiger partial charge < -0.3 is 10.2 Å². The lowest BCUT2D eigenvalue weighted by Crippen LogP contribution is -2.77. The van der Waals surface area contributed by atoms with Crippen molar-refractivity contribution in [3.05, 3.63) is 0 Å². The Balaban J connectivity index is 7.08. The van der Waals surface area contributed by atoms with Crippen molar-refractivity contribution in [2.75, 3.05) is 0 Å². The monoisotopic (exact) mass is 566 g/mol. The van der Waals surface area contributed by atoms with Crippen LogP contribution in [0.3, 0.4) is 0 Å². The maximum Gasteiger partial charge on any atom is 0.460 e. The number of aliphatic hydroxyl groups excluding tert-OH is 1. The largest absolute Gasteiger partial charge is 0.460 e. The molecule has 206 valence electrons. The second-order valence-corrected chi connectivity index (χ2v) is 6.09. The average molecular weight is 566 g/mol. The van der Waals surface area contributed by atoms with E-state index in [1.165, 1.54) is 0 Å². The fourth-order valence-electron chi connectivity index (χ4n) is 1.73. The van der Waals surface area contributed by atoms with E-state index in [9.17, 15) is 92.2 Å². The zero-order valence-electron chi connectivity index (χ0n) is 14.4. The molecule has 0 saturated heterocycles. The minimum atomic E-state index is -9.26. The summed E-state index contributed by atoms with van der Waals surface area (Å²) in [5.41, 5.74) is 0. The lowest BCUT2D eigenvalue weighted by Gasteiger charge is -2.44. The van der Waals surface area contributed by atoms with Crippen LogP contribution in [0.5, 0.6) is 0 Å². The lowest BCUT2D eigenvalue weighted by molar-refractivity contribution is -0.477. The predicted octanol–water partition coefficient (Wildman–Crippen LogP) is 5.58. The first kappa shape index (κ1) is 32.4. The molecule has 0 unspecified atom stereocenters. The van der Waals surface area contributed by atoms with E-state index in [4.69, 9.17) is 10.2 Å². The van der Waals surface area contributed by atoms with E-state index < -0.39 is 65.8 Å². The Morgan fingerprint density at radius 3 is 0.647 bits per heavy atom. The molecule has 0 atom stereocenters. The molecule has 0 aromatic carbocycles. The third-order valence-corrected chi connectivity index (χ3v) is 3.86. The highest BCUT2D eigenvalue weighted by molar-refractivity contribution is 5.18. The van der Waals surface area contributed by atoms with E-state index in [0.717, 1.165) is 0 Å². The van der Waals surface area contributed by atoms with Crippen LogP contribution in [-0.4, -0.2) is 76.0 Å². The van der Waals surface area contributed by atoms with Gasteiger partial charge in [-0.3, -0.25) is 0 Å². The Kier molecular flexibility index (Phi) is 7.37. The molecule has 0 aliphatic heterocycles. The Morgan fingerprint density at radius 2 is 0.471 bits per heavy atom. The summed E-state index contributed by atoms with van der Waals surface area (Å²) in [7, 11) is 0. The highest BCUT2D eigenvalue weighted by atomic mass is 19.4. The smallest absolute Gasteiger partial charge is 0.363 e. The van der Waals surface area contributed by atoms with Crippen molar-refractivity contribution < 1.29 is 102 Å². The average Bonchev–Trinajstić information content (AvgIpc) is 2.58. The van der Waals surface area contributed by atoms with Crippen molar-refractivity contribution in [2.45, 2.75) is 65.8 Å². The zero-order valence-corrected chi connectivity index (χ0v) is 14.4. The molecule has 0 fully saturated rings. The van der Waals surface area contributed by atoms with Crippen LogP contribution in [-0.2, 0) is 0 Å². The van der Waals surface area contributed by atoms with Crippen molar-refractivity contribution in [1.29, 1.82) is 0 Å². The number of hydrogen-bond donors (Lipinski definition) is 2. The molecule has 2 nitrogen and oxygen atoms in total. The van der Waals surface area contributed by atoms with E-state index in [1.807, 2.05) is 0 Å². The van der Waals surface area contributed by atoms with Gasteiger partial charge in [-0.25, -0.2) is 0 Å². The van der Waals surface area contributed by atoms with Crippen molar-refractivity contribution in [2.24, 2.45) is 0 Å². The minimum Gasteiger partial charge on any atom is -0.363 e. The summed E-state index contributed by atoms with van der Waals surface area (Å²) in [4.78, 5) is 0. The Hall–Kier alpha value is -1.55. The normalized spacial score (nSPS) is 16.9. The number of alkyl halides is 21. The first-order valence-corrected chi connectivity index (χ1v) is 7.02. The fraction of sp³-hybridized carbons (Fsp3) is 1.00. The van der Waals surface area contributed by atoms with Crippen molar-refractivity contribution in [3.8, 4) is 0 Å². The maximum atomic E-state index is 13.3. The highest BCUT2D eigenvalue weighted by Gasteiger charge is 2.98. The second kappa shape index (κ2) is 7.72. The van der Waals surface area contributed by atoms with Crippen LogP contribution in [0.25, 0.3) is 0 Å². The molecule has 34 heavy (non-hydrogen) atoms. The van der Waals surface area contributed by atoms with Gasteiger partial charge in [-0.2, -0.15) is 92.2 Å². The summed E-state index contributed by atoms with van der Waals surface area (Å²) in [6.45, 7) is 0. The van der Waals surface area contributed by atoms with Gasteiger partial charge in [0.05, 0.1) is 0 Å². The Morgan fingerprint density at radius 1 is 0.294 bits per heavy atom. The number of hydrogen-bond acceptors (Lipinski definition) is 2. The summed E-state index contributed by atoms with van der Waals surface area (Å²) >= 11 is 0. The van der Waals surface area contributed by atoms with Gasteiger partial charge in [-0.1, -0.05) is 0 Å². The van der Waals surface area contributed by atoms with Crippen LogP contribution in [0.15, 0.2) is 0 Å². The molecule has 0 aliphatic rings. The molecule has 0 aromatic rings. The third kappa shape index (κ3) is 3.62. The van der Waals surface area contributed by atoms with Gasteiger partial charge in [0, 0.05) is 0 Å². The standard InChI is InChI=1S/C11H3F21O2/c12-2(13,1(33)34)3(14,15)4(16,17)5(18,19)6(20,21)7(22,23)8(24,25)9(26,27)10(28,29)11(30,31)32/h1,33-34H. The molecule has 0 heterocycles. The first-order valence-electron chi connectivity index (χ1n) is 7.02. The SMILES string of the molecule is OC(O)C(F)(F)C(F)(F)C(F)(F)C(F)(F)C(F)(F)C(F)(F)C(F)(F)C(F)(F)C(F)(F)C(F)(F)F. The van der Waals surface area contributed by atoms with Gasteiger partial charge >= 0.3 is 59.5 Å². The van der Waals surface area contributed by atoms with E-state index in [2.05, 4.69) is 0 Å². The van der Waals surface area contributed by atoms with Crippen LogP contribution >= 0.6 is 0 Å². The minimum absolute atomic E-state index is 5.20. The van der Waals surface area contributed by atoms with Crippen LogP contribution in [0.4, 0.5) is 92.2 Å². The van der Waals surface area contributed by atoms with Gasteiger partial charge in [0.1, 0.15) is 0 Å². The summed E-state index contributed by atoms with van der Waals surface area (Å²) in [5.74, 6) is -78.8. The first-order chi connectivity index (χ1) is 14.2. The lowest BCUT2D eigenvalue weighted by atomic mass is 9.86. The van der Waals surface area contributed by atoms with Gasteiger partial charge in [0.25, 0.3) is 0 Å². The Bertz CT molecular complexity index is 746. The molecule has 2 N–H and O–H groups in total. The van der Waals surface area contributed by atoms with E-state index in [1.54, 1.807) is 0 Å². The van der Waals surface area contributed by atoms with Crippen LogP contribution < -0.4 is 0 Å². The highest BCUT2D eigenvalue weighted by Crippen LogP contribution is 2.66. The van der Waals surface area contributed by atoms with Crippen molar-refractivity contribution in [3.63, 3.8) is 0 Å². The molecule has 23 heteroatoms. The summed E-state index contributed by atoms with van der Waals surface area (Å²) in [6, 6.07) is 0. The van der Waals surface area contributed by atoms with Gasteiger partial charge in [0.15, 0.2) is 0 Å². The quantitative estimate of drug-likeness (QED) is 0.283. The molecule has 0 amide bonds. The molecule has 0 aliphatic carbocycles. The topological polar surface area (TPSA) is 40.5 Å². The summed E-state index contributed by atoms with van der Waals surface area (Å²) in [6.07, 6.45) is -13.2. The van der Waals surface area contributed by atoms with Crippen LogP contribution in [0.2, 0.25) is 0 Å². The molecular formula is C11H3F21O2. The zero-order chi connectivity index (χ0) is 28.6. The maximum absolute atomic E-state index is 13.3. The predicted molar refractivity (Wildman–Crippen MR) is 58.8 cm³/mol. The summed E-state index contributed by atoms with van der Waals surface area (Å²) < 4.78 is 270. The van der Waals surface area contributed by atoms with Gasteiger partial charge in [0.2, 0.25) is 6.29 Å². The van der Waals surface area contributed by atoms with Crippen molar-refractivity contribution in [1.82, 2.24) is 0 Å². The van der Waals surface area contributed by atoms with Gasteiger partial charge in [-0.05, 0) is 0 Å². The van der Waals surface area contributed by atoms with E-state index >= 15 is 0 Å². The molecule has 0 bridgehead atoms. The van der Waals surface area contributed by atoms with Crippen LogP contribution in [0, 0.1) is 0 Å². The molecular weight excluding hydrogens is 563 g/mol. The number of halogens is 21. The van der Waals surface area contributed by atoms with E-state index in [0.29, 0.717) is 0 Å². The molecule has 0 aromatic heterocycles. The summed E-state index contributed by atoms with van der Waals surface area (Å²) in [5, 5.41) is 15.6. The fourth-order valence-corrected chi connectivity index (χ4v) is 1.73.